The van der Waals surface area contributed by atoms with E-state index >= 15 is 0 Å². The molecule has 0 aliphatic heterocycles. The lowest BCUT2D eigenvalue weighted by molar-refractivity contribution is -0.163. The van der Waals surface area contributed by atoms with Crippen LogP contribution in [0, 0.1) is 0 Å². The molecule has 1 aromatic rings. The molecular weight excluding hydrogens is 322 g/mol. The smallest absolute Gasteiger partial charge is 0.327 e. The summed E-state index contributed by atoms with van der Waals surface area (Å²) in [6.45, 7) is 4.78. The fourth-order valence-electron chi connectivity index (χ4n) is 1.52. The molecule has 0 amide bonds. The number of carbonyl (C=O) groups is 2. The molecule has 0 saturated heterocycles. The molecule has 0 saturated carbocycles. The minimum atomic E-state index is -3.01. The highest BCUT2D eigenvalue weighted by Crippen LogP contribution is 2.25. The molecule has 1 atom stereocenters. The van der Waals surface area contributed by atoms with E-state index in [0.717, 1.165) is 13.2 Å². The summed E-state index contributed by atoms with van der Waals surface area (Å²) < 4.78 is 35.1. The number of alkyl halides is 2. The van der Waals surface area contributed by atoms with Gasteiger partial charge in [-0.1, -0.05) is 11.6 Å². The zero-order valence-electron chi connectivity index (χ0n) is 12.4. The number of hydrogen-bond donors (Lipinski definition) is 0. The Morgan fingerprint density at radius 1 is 1.23 bits per heavy atom. The quantitative estimate of drug-likeness (QED) is 0.478. The minimum Gasteiger partial charge on any atom is -0.468 e. The molecule has 1 aromatic heterocycles. The van der Waals surface area contributed by atoms with Gasteiger partial charge in [0.2, 0.25) is 0 Å². The molecule has 6 nitrogen and oxygen atoms in total. The molecule has 0 aliphatic carbocycles. The fraction of sp³-hybridized carbons (Fsp3) is 0.538. The van der Waals surface area contributed by atoms with Crippen molar-refractivity contribution >= 4 is 23.5 Å². The molecule has 1 unspecified atom stereocenters. The maximum Gasteiger partial charge on any atom is 0.327 e. The van der Waals surface area contributed by atoms with Crippen LogP contribution in [-0.4, -0.2) is 34.6 Å². The van der Waals surface area contributed by atoms with Crippen LogP contribution in [0.25, 0.3) is 0 Å². The molecule has 0 bridgehead atoms. The van der Waals surface area contributed by atoms with Crippen LogP contribution in [0.5, 0.6) is 0 Å². The summed E-state index contributed by atoms with van der Waals surface area (Å²) in [6.07, 6.45) is -3.01. The zero-order valence-corrected chi connectivity index (χ0v) is 13.1. The number of carbonyl (C=O) groups excluding carboxylic acids is 2. The summed E-state index contributed by atoms with van der Waals surface area (Å²) in [7, 11) is 1.05. The summed E-state index contributed by atoms with van der Waals surface area (Å²) in [5.41, 5.74) is -1.19. The lowest BCUT2D eigenvalue weighted by atomic mass is 10.0. The molecule has 0 spiro atoms. The highest BCUT2D eigenvalue weighted by molar-refractivity contribution is 6.29. The minimum absolute atomic E-state index is 0.309. The van der Waals surface area contributed by atoms with Gasteiger partial charge in [0.15, 0.2) is 11.7 Å². The van der Waals surface area contributed by atoms with Gasteiger partial charge in [-0.05, 0) is 26.8 Å². The summed E-state index contributed by atoms with van der Waals surface area (Å²) in [5, 5.41) is -0.322. The Hall–Kier alpha value is -1.83. The second kappa shape index (κ2) is 6.95. The van der Waals surface area contributed by atoms with Gasteiger partial charge in [0.05, 0.1) is 12.8 Å². The van der Waals surface area contributed by atoms with Crippen molar-refractivity contribution < 1.29 is 27.8 Å². The first-order valence-electron chi connectivity index (χ1n) is 6.18. The fourth-order valence-corrected chi connectivity index (χ4v) is 1.71. The first-order valence-corrected chi connectivity index (χ1v) is 6.56. The van der Waals surface area contributed by atoms with Gasteiger partial charge in [-0.2, -0.15) is 0 Å². The Bertz CT molecular complexity index is 576. The van der Waals surface area contributed by atoms with E-state index in [4.69, 9.17) is 16.3 Å². The van der Waals surface area contributed by atoms with E-state index in [2.05, 4.69) is 14.7 Å². The highest BCUT2D eigenvalue weighted by atomic mass is 35.5. The van der Waals surface area contributed by atoms with Gasteiger partial charge in [-0.25, -0.2) is 18.7 Å². The van der Waals surface area contributed by atoms with Crippen LogP contribution in [0.4, 0.5) is 8.78 Å². The largest absolute Gasteiger partial charge is 0.468 e. The van der Waals surface area contributed by atoms with Crippen molar-refractivity contribution in [2.45, 2.75) is 38.7 Å². The summed E-state index contributed by atoms with van der Waals surface area (Å²) in [4.78, 5) is 30.8. The van der Waals surface area contributed by atoms with E-state index in [1.807, 2.05) is 0 Å². The summed E-state index contributed by atoms with van der Waals surface area (Å²) in [6, 6.07) is 1.04. The molecule has 22 heavy (non-hydrogen) atoms. The predicted octanol–water partition coefficient (Wildman–Crippen LogP) is 2.67. The van der Waals surface area contributed by atoms with Crippen LogP contribution in [-0.2, 0) is 19.1 Å². The van der Waals surface area contributed by atoms with E-state index < -0.39 is 35.7 Å². The van der Waals surface area contributed by atoms with E-state index in [-0.39, 0.29) is 10.8 Å². The number of methoxy groups -OCH3 is 1. The van der Waals surface area contributed by atoms with E-state index in [0.29, 0.717) is 0 Å². The van der Waals surface area contributed by atoms with Crippen molar-refractivity contribution in [2.24, 2.45) is 0 Å². The first-order chi connectivity index (χ1) is 10.0. The highest BCUT2D eigenvalue weighted by Gasteiger charge is 2.36. The Morgan fingerprint density at radius 2 is 1.82 bits per heavy atom. The van der Waals surface area contributed by atoms with Gasteiger partial charge in [-0.3, -0.25) is 9.59 Å². The second-order valence-corrected chi connectivity index (χ2v) is 5.65. The van der Waals surface area contributed by atoms with Gasteiger partial charge in [0.1, 0.15) is 10.8 Å². The molecule has 0 aliphatic rings. The molecule has 0 N–H and O–H groups in total. The number of rotatable bonds is 4. The third-order valence-corrected chi connectivity index (χ3v) is 2.50. The standard InChI is InChI=1S/C13H15ClF2N2O4/c1-13(2,3)22-12(20)8(11(19)21-4)6-5-7(14)18-10(17-6)9(15)16/h5,8-9H,1-4H3. The third-order valence-electron chi connectivity index (χ3n) is 2.30. The van der Waals surface area contributed by atoms with Crippen molar-refractivity contribution in [3.8, 4) is 0 Å². The van der Waals surface area contributed by atoms with E-state index in [1.165, 1.54) is 0 Å². The summed E-state index contributed by atoms with van der Waals surface area (Å²) in [5.74, 6) is -4.49. The van der Waals surface area contributed by atoms with Crippen molar-refractivity contribution in [2.75, 3.05) is 7.11 Å². The van der Waals surface area contributed by atoms with Crippen LogP contribution in [0.3, 0.4) is 0 Å². The van der Waals surface area contributed by atoms with Crippen LogP contribution in [0.15, 0.2) is 6.07 Å². The maximum atomic E-state index is 12.7. The average molecular weight is 337 g/mol. The SMILES string of the molecule is COC(=O)C(C(=O)OC(C)(C)C)c1cc(Cl)nc(C(F)F)n1. The predicted molar refractivity (Wildman–Crippen MR) is 72.6 cm³/mol. The Labute approximate surface area is 130 Å². The number of aromatic nitrogens is 2. The van der Waals surface area contributed by atoms with E-state index in [9.17, 15) is 18.4 Å². The van der Waals surface area contributed by atoms with Crippen molar-refractivity contribution in [1.29, 1.82) is 0 Å². The number of esters is 2. The molecule has 0 fully saturated rings. The average Bonchev–Trinajstić information content (AvgIpc) is 2.35. The van der Waals surface area contributed by atoms with Crippen LogP contribution >= 0.6 is 11.6 Å². The lowest BCUT2D eigenvalue weighted by Crippen LogP contribution is -2.32. The molecule has 1 heterocycles. The lowest BCUT2D eigenvalue weighted by Gasteiger charge is -2.22. The molecule has 122 valence electrons. The van der Waals surface area contributed by atoms with E-state index in [1.54, 1.807) is 20.8 Å². The van der Waals surface area contributed by atoms with Gasteiger partial charge < -0.3 is 9.47 Å². The monoisotopic (exact) mass is 336 g/mol. The molecule has 0 radical (unpaired) electrons. The topological polar surface area (TPSA) is 78.4 Å². The molecule has 1 rings (SSSR count). The molecule has 9 heteroatoms. The zero-order chi connectivity index (χ0) is 17.1. The Balaban J connectivity index is 3.28. The Morgan fingerprint density at radius 3 is 2.27 bits per heavy atom. The number of ether oxygens (including phenoxy) is 2. The second-order valence-electron chi connectivity index (χ2n) is 5.26. The van der Waals surface area contributed by atoms with Gasteiger partial charge >= 0.3 is 11.9 Å². The van der Waals surface area contributed by atoms with Crippen molar-refractivity contribution in [3.63, 3.8) is 0 Å². The van der Waals surface area contributed by atoms with Crippen LogP contribution in [0.2, 0.25) is 5.15 Å². The molecule has 0 aromatic carbocycles. The van der Waals surface area contributed by atoms with Crippen molar-refractivity contribution in [1.82, 2.24) is 9.97 Å². The van der Waals surface area contributed by atoms with Gasteiger partial charge in [0.25, 0.3) is 6.43 Å². The van der Waals surface area contributed by atoms with Gasteiger partial charge in [-0.15, -0.1) is 0 Å². The number of nitrogens with zero attached hydrogens (tertiary/aromatic N) is 2. The van der Waals surface area contributed by atoms with Gasteiger partial charge in [0, 0.05) is 0 Å². The molecular formula is C13H15ClF2N2O4. The number of halogens is 3. The van der Waals surface area contributed by atoms with Crippen LogP contribution in [0.1, 0.15) is 44.6 Å². The van der Waals surface area contributed by atoms with Crippen LogP contribution < -0.4 is 0 Å². The number of hydrogen-bond acceptors (Lipinski definition) is 6. The normalized spacial score (nSPS) is 12.9. The van der Waals surface area contributed by atoms with Crippen molar-refractivity contribution in [3.05, 3.63) is 22.7 Å². The Kier molecular flexibility index (Phi) is 5.76. The summed E-state index contributed by atoms with van der Waals surface area (Å²) >= 11 is 5.64. The maximum absolute atomic E-state index is 12.7. The third kappa shape index (κ3) is 4.87. The first kappa shape index (κ1) is 18.2.